The molecule has 0 atom stereocenters. The Hall–Kier alpha value is -1.83. The van der Waals surface area contributed by atoms with Crippen molar-refractivity contribution < 1.29 is 22.7 Å². The van der Waals surface area contributed by atoms with Gasteiger partial charge in [-0.1, -0.05) is 23.2 Å². The maximum Gasteiger partial charge on any atom is 0.337 e. The van der Waals surface area contributed by atoms with E-state index in [1.165, 1.54) is 12.1 Å². The predicted octanol–water partition coefficient (Wildman–Crippen LogP) is 3.63. The summed E-state index contributed by atoms with van der Waals surface area (Å²) in [5.74, 6) is -2.28. The lowest BCUT2D eigenvalue weighted by atomic mass is 10.2. The van der Waals surface area contributed by atoms with Crippen LogP contribution in [-0.2, 0) is 10.0 Å². The van der Waals surface area contributed by atoms with Crippen molar-refractivity contribution in [2.45, 2.75) is 4.90 Å². The van der Waals surface area contributed by atoms with E-state index in [1.807, 2.05) is 0 Å². The van der Waals surface area contributed by atoms with Crippen LogP contribution in [0.4, 0.5) is 10.1 Å². The Balaban J connectivity index is 2.50. The molecular formula is C13H8Cl2FNO4S. The van der Waals surface area contributed by atoms with Gasteiger partial charge in [0.1, 0.15) is 10.7 Å². The van der Waals surface area contributed by atoms with E-state index < -0.39 is 27.4 Å². The largest absolute Gasteiger partial charge is 0.478 e. The van der Waals surface area contributed by atoms with Crippen LogP contribution in [0.15, 0.2) is 41.3 Å². The predicted molar refractivity (Wildman–Crippen MR) is 80.6 cm³/mol. The van der Waals surface area contributed by atoms with Crippen molar-refractivity contribution in [3.05, 3.63) is 57.8 Å². The molecule has 0 heterocycles. The maximum absolute atomic E-state index is 13.1. The topological polar surface area (TPSA) is 83.5 Å². The molecule has 5 nitrogen and oxygen atoms in total. The zero-order valence-corrected chi connectivity index (χ0v) is 13.0. The summed E-state index contributed by atoms with van der Waals surface area (Å²) in [5, 5.41) is 9.06. The zero-order valence-electron chi connectivity index (χ0n) is 10.7. The van der Waals surface area contributed by atoms with Gasteiger partial charge >= 0.3 is 5.97 Å². The molecule has 0 saturated carbocycles. The lowest BCUT2D eigenvalue weighted by Crippen LogP contribution is -2.16. The molecule has 22 heavy (non-hydrogen) atoms. The minimum absolute atomic E-state index is 0.0871. The van der Waals surface area contributed by atoms with E-state index in [-0.39, 0.29) is 20.6 Å². The van der Waals surface area contributed by atoms with E-state index in [2.05, 4.69) is 4.72 Å². The summed E-state index contributed by atoms with van der Waals surface area (Å²) >= 11 is 11.6. The average molecular weight is 364 g/mol. The van der Waals surface area contributed by atoms with Crippen molar-refractivity contribution in [1.82, 2.24) is 0 Å². The molecule has 2 rings (SSSR count). The molecule has 0 aliphatic carbocycles. The van der Waals surface area contributed by atoms with Gasteiger partial charge in [-0.25, -0.2) is 17.6 Å². The van der Waals surface area contributed by atoms with E-state index in [0.717, 1.165) is 18.2 Å². The Labute approximate surface area is 135 Å². The van der Waals surface area contributed by atoms with Gasteiger partial charge in [-0.3, -0.25) is 4.72 Å². The molecule has 0 fully saturated rings. The molecule has 9 heteroatoms. The minimum Gasteiger partial charge on any atom is -0.478 e. The number of nitrogens with one attached hydrogen (secondary N) is 1. The quantitative estimate of drug-likeness (QED) is 0.868. The molecular weight excluding hydrogens is 356 g/mol. The number of carboxylic acid groups (broad SMARTS) is 1. The fourth-order valence-corrected chi connectivity index (χ4v) is 3.51. The molecule has 0 aliphatic rings. The fraction of sp³-hybridized carbons (Fsp3) is 0. The summed E-state index contributed by atoms with van der Waals surface area (Å²) in [7, 11) is -4.19. The molecule has 2 N–H and O–H groups in total. The van der Waals surface area contributed by atoms with Gasteiger partial charge in [0.2, 0.25) is 0 Å². The highest BCUT2D eigenvalue weighted by molar-refractivity contribution is 7.92. The monoisotopic (exact) mass is 363 g/mol. The Bertz CT molecular complexity index is 855. The summed E-state index contributed by atoms with van der Waals surface area (Å²) < 4.78 is 39.7. The summed E-state index contributed by atoms with van der Waals surface area (Å²) in [5.41, 5.74) is -0.813. The summed E-state index contributed by atoms with van der Waals surface area (Å²) in [4.78, 5) is 10.8. The van der Waals surface area contributed by atoms with Gasteiger partial charge in [-0.2, -0.15) is 0 Å². The highest BCUT2D eigenvalue weighted by atomic mass is 35.5. The molecule has 0 spiro atoms. The second-order valence-corrected chi connectivity index (χ2v) is 6.67. The van der Waals surface area contributed by atoms with Crippen LogP contribution in [0.25, 0.3) is 0 Å². The molecule has 2 aromatic carbocycles. The average Bonchev–Trinajstić information content (AvgIpc) is 2.43. The van der Waals surface area contributed by atoms with Crippen LogP contribution in [0.5, 0.6) is 0 Å². The number of anilines is 1. The van der Waals surface area contributed by atoms with Crippen molar-refractivity contribution in [1.29, 1.82) is 0 Å². The summed E-state index contributed by atoms with van der Waals surface area (Å²) in [6, 6.07) is 6.47. The molecule has 116 valence electrons. The lowest BCUT2D eigenvalue weighted by molar-refractivity contribution is 0.0697. The van der Waals surface area contributed by atoms with Crippen LogP contribution < -0.4 is 4.72 Å². The Morgan fingerprint density at radius 3 is 2.45 bits per heavy atom. The molecule has 0 amide bonds. The van der Waals surface area contributed by atoms with Crippen LogP contribution in [0.3, 0.4) is 0 Å². The number of carboxylic acids is 1. The fourth-order valence-electron chi connectivity index (χ4n) is 1.67. The minimum atomic E-state index is -4.19. The first-order valence-electron chi connectivity index (χ1n) is 5.71. The molecule has 0 saturated heterocycles. The molecule has 0 bridgehead atoms. The Kier molecular flexibility index (Phi) is 4.60. The molecule has 0 aromatic heterocycles. The lowest BCUT2D eigenvalue weighted by Gasteiger charge is -2.12. The van der Waals surface area contributed by atoms with Gasteiger partial charge in [0.15, 0.2) is 0 Å². The standard InChI is InChI=1S/C13H8Cl2FNO4S/c14-7-1-3-10(15)12(5-7)22(20,21)17-11-4-2-8(16)6-9(11)13(18)19/h1-6,17H,(H,18,19). The van der Waals surface area contributed by atoms with Gasteiger partial charge in [-0.05, 0) is 36.4 Å². The second kappa shape index (κ2) is 6.12. The first-order chi connectivity index (χ1) is 10.2. The van der Waals surface area contributed by atoms with Crippen LogP contribution >= 0.6 is 23.2 Å². The molecule has 0 unspecified atom stereocenters. The van der Waals surface area contributed by atoms with E-state index in [0.29, 0.717) is 6.07 Å². The highest BCUT2D eigenvalue weighted by Gasteiger charge is 2.21. The van der Waals surface area contributed by atoms with Crippen LogP contribution in [0.2, 0.25) is 10.0 Å². The van der Waals surface area contributed by atoms with Crippen LogP contribution in [-0.4, -0.2) is 19.5 Å². The van der Waals surface area contributed by atoms with E-state index in [1.54, 1.807) is 0 Å². The van der Waals surface area contributed by atoms with Crippen molar-refractivity contribution in [2.75, 3.05) is 4.72 Å². The Morgan fingerprint density at radius 1 is 1.14 bits per heavy atom. The van der Waals surface area contributed by atoms with Crippen molar-refractivity contribution in [3.8, 4) is 0 Å². The van der Waals surface area contributed by atoms with Crippen LogP contribution in [0, 0.1) is 5.82 Å². The third-order valence-electron chi connectivity index (χ3n) is 2.64. The third kappa shape index (κ3) is 3.49. The number of halogens is 3. The van der Waals surface area contributed by atoms with Crippen molar-refractivity contribution in [3.63, 3.8) is 0 Å². The summed E-state index contributed by atoms with van der Waals surface area (Å²) in [6.07, 6.45) is 0. The Morgan fingerprint density at radius 2 is 1.82 bits per heavy atom. The smallest absolute Gasteiger partial charge is 0.337 e. The number of benzene rings is 2. The first-order valence-corrected chi connectivity index (χ1v) is 7.95. The highest BCUT2D eigenvalue weighted by Crippen LogP contribution is 2.28. The second-order valence-electron chi connectivity index (χ2n) is 4.18. The van der Waals surface area contributed by atoms with E-state index >= 15 is 0 Å². The SMILES string of the molecule is O=C(O)c1cc(F)ccc1NS(=O)(=O)c1cc(Cl)ccc1Cl. The zero-order chi connectivity index (χ0) is 16.5. The van der Waals surface area contributed by atoms with E-state index in [9.17, 15) is 17.6 Å². The number of rotatable bonds is 4. The van der Waals surface area contributed by atoms with Gasteiger partial charge in [0.05, 0.1) is 16.3 Å². The van der Waals surface area contributed by atoms with Crippen molar-refractivity contribution >= 4 is 44.9 Å². The third-order valence-corrected chi connectivity index (χ3v) is 4.72. The van der Waals surface area contributed by atoms with Gasteiger partial charge in [-0.15, -0.1) is 0 Å². The molecule has 0 aliphatic heterocycles. The normalized spacial score (nSPS) is 11.2. The number of hydrogen-bond acceptors (Lipinski definition) is 3. The van der Waals surface area contributed by atoms with Gasteiger partial charge in [0.25, 0.3) is 10.0 Å². The summed E-state index contributed by atoms with van der Waals surface area (Å²) in [6.45, 7) is 0. The number of carbonyl (C=O) groups is 1. The van der Waals surface area contributed by atoms with Gasteiger partial charge in [0, 0.05) is 5.02 Å². The van der Waals surface area contributed by atoms with Gasteiger partial charge < -0.3 is 5.11 Å². The number of aromatic carboxylic acids is 1. The molecule has 0 radical (unpaired) electrons. The number of hydrogen-bond donors (Lipinski definition) is 2. The first kappa shape index (κ1) is 16.5. The van der Waals surface area contributed by atoms with E-state index in [4.69, 9.17) is 28.3 Å². The van der Waals surface area contributed by atoms with Crippen molar-refractivity contribution in [2.24, 2.45) is 0 Å². The maximum atomic E-state index is 13.1. The van der Waals surface area contributed by atoms with Crippen LogP contribution in [0.1, 0.15) is 10.4 Å². The number of sulfonamides is 1. The molecule has 2 aromatic rings.